The number of methoxy groups -OCH3 is 2. The summed E-state index contributed by atoms with van der Waals surface area (Å²) in [6.45, 7) is 4.94. The van der Waals surface area contributed by atoms with Crippen LogP contribution in [0.25, 0.3) is 0 Å². The average Bonchev–Trinajstić information content (AvgIpc) is 2.70. The van der Waals surface area contributed by atoms with E-state index in [0.29, 0.717) is 13.1 Å². The molecular formula is C12H22N2O3S. The highest BCUT2D eigenvalue weighted by atomic mass is 32.1. The van der Waals surface area contributed by atoms with Gasteiger partial charge in [-0.05, 0) is 5.92 Å². The third kappa shape index (κ3) is 3.18. The lowest BCUT2D eigenvalue weighted by atomic mass is 9.94. The van der Waals surface area contributed by atoms with Crippen LogP contribution in [0.4, 0.5) is 0 Å². The second kappa shape index (κ2) is 6.45. The Morgan fingerprint density at radius 2 is 1.72 bits per heavy atom. The van der Waals surface area contributed by atoms with Crippen LogP contribution in [-0.2, 0) is 14.3 Å². The molecule has 0 saturated carbocycles. The van der Waals surface area contributed by atoms with Crippen molar-refractivity contribution in [1.82, 2.24) is 4.90 Å². The number of hydrogen-bond acceptors (Lipinski definition) is 4. The number of nitrogens with two attached hydrogens (primary N) is 1. The molecule has 3 atom stereocenters. The summed E-state index contributed by atoms with van der Waals surface area (Å²) in [4.78, 5) is 14.4. The lowest BCUT2D eigenvalue weighted by molar-refractivity contribution is -0.134. The molecule has 0 aromatic rings. The molecule has 1 amide bonds. The summed E-state index contributed by atoms with van der Waals surface area (Å²) in [5.74, 6) is -0.343. The normalized spacial score (nSPS) is 25.5. The number of rotatable bonds is 5. The predicted molar refractivity (Wildman–Crippen MR) is 73.3 cm³/mol. The third-order valence-electron chi connectivity index (χ3n) is 3.37. The fourth-order valence-corrected chi connectivity index (χ4v) is 2.68. The number of thiocarbonyl (C=S) groups is 1. The van der Waals surface area contributed by atoms with Crippen LogP contribution < -0.4 is 5.73 Å². The van der Waals surface area contributed by atoms with Gasteiger partial charge in [0.15, 0.2) is 0 Å². The van der Waals surface area contributed by atoms with Crippen LogP contribution in [0.2, 0.25) is 0 Å². The molecule has 1 fully saturated rings. The van der Waals surface area contributed by atoms with E-state index in [4.69, 9.17) is 27.4 Å². The number of nitrogens with zero attached hydrogens (tertiary/aromatic N) is 1. The van der Waals surface area contributed by atoms with Crippen LogP contribution in [0.5, 0.6) is 0 Å². The first-order valence-corrected chi connectivity index (χ1v) is 6.46. The Balaban J connectivity index is 2.76. The summed E-state index contributed by atoms with van der Waals surface area (Å²) in [6.07, 6.45) is -0.170. The maximum absolute atomic E-state index is 12.4. The molecule has 0 aromatic heterocycles. The molecule has 104 valence electrons. The van der Waals surface area contributed by atoms with E-state index in [2.05, 4.69) is 0 Å². The molecule has 5 nitrogen and oxygen atoms in total. The maximum atomic E-state index is 12.4. The van der Waals surface area contributed by atoms with E-state index < -0.39 is 5.92 Å². The minimum atomic E-state index is -0.409. The van der Waals surface area contributed by atoms with Crippen molar-refractivity contribution in [1.29, 1.82) is 0 Å². The number of carbonyl (C=O) groups excluding carboxylic acids is 1. The summed E-state index contributed by atoms with van der Waals surface area (Å²) >= 11 is 4.99. The Morgan fingerprint density at radius 3 is 2.00 bits per heavy atom. The van der Waals surface area contributed by atoms with E-state index in [0.717, 1.165) is 0 Å². The minimum Gasteiger partial charge on any atom is -0.393 e. The molecule has 1 heterocycles. The first-order valence-electron chi connectivity index (χ1n) is 6.06. The summed E-state index contributed by atoms with van der Waals surface area (Å²) in [5, 5.41) is 0. The predicted octanol–water partition coefficient (Wildman–Crippen LogP) is 0.417. The SMILES string of the molecule is COC1CN(C(=O)C(C(N)=S)C(C)C)CC1OC. The molecule has 1 aliphatic rings. The fraction of sp³-hybridized carbons (Fsp3) is 0.833. The molecule has 18 heavy (non-hydrogen) atoms. The van der Waals surface area contributed by atoms with Gasteiger partial charge in [-0.1, -0.05) is 26.1 Å². The summed E-state index contributed by atoms with van der Waals surface area (Å²) in [7, 11) is 3.25. The number of hydrogen-bond donors (Lipinski definition) is 1. The zero-order chi connectivity index (χ0) is 13.9. The van der Waals surface area contributed by atoms with Crippen LogP contribution in [0, 0.1) is 11.8 Å². The maximum Gasteiger partial charge on any atom is 0.232 e. The largest absolute Gasteiger partial charge is 0.393 e. The summed E-state index contributed by atoms with van der Waals surface area (Å²) < 4.78 is 10.6. The zero-order valence-corrected chi connectivity index (χ0v) is 12.2. The van der Waals surface area contributed by atoms with Crippen LogP contribution in [-0.4, -0.2) is 55.3 Å². The van der Waals surface area contributed by atoms with E-state index in [1.807, 2.05) is 13.8 Å². The van der Waals surface area contributed by atoms with Crippen LogP contribution >= 0.6 is 12.2 Å². The highest BCUT2D eigenvalue weighted by molar-refractivity contribution is 7.80. The first kappa shape index (κ1) is 15.3. The topological polar surface area (TPSA) is 64.8 Å². The van der Waals surface area contributed by atoms with Gasteiger partial charge in [-0.15, -0.1) is 0 Å². The smallest absolute Gasteiger partial charge is 0.232 e. The quantitative estimate of drug-likeness (QED) is 0.736. The van der Waals surface area contributed by atoms with Crippen molar-refractivity contribution in [2.24, 2.45) is 17.6 Å². The molecule has 2 N–H and O–H groups in total. The van der Waals surface area contributed by atoms with Gasteiger partial charge in [0.1, 0.15) is 12.2 Å². The molecule has 0 aliphatic carbocycles. The Kier molecular flexibility index (Phi) is 5.49. The van der Waals surface area contributed by atoms with Gasteiger partial charge in [0, 0.05) is 27.3 Å². The zero-order valence-electron chi connectivity index (χ0n) is 11.4. The van der Waals surface area contributed by atoms with Crippen molar-refractivity contribution in [3.8, 4) is 0 Å². The molecule has 3 unspecified atom stereocenters. The van der Waals surface area contributed by atoms with Gasteiger partial charge in [0.25, 0.3) is 0 Å². The highest BCUT2D eigenvalue weighted by Gasteiger charge is 2.39. The van der Waals surface area contributed by atoms with E-state index in [-0.39, 0.29) is 29.0 Å². The highest BCUT2D eigenvalue weighted by Crippen LogP contribution is 2.21. The number of carbonyl (C=O) groups is 1. The van der Waals surface area contributed by atoms with Crippen LogP contribution in [0.1, 0.15) is 13.8 Å². The molecule has 0 aromatic carbocycles. The minimum absolute atomic E-state index is 0.0286. The monoisotopic (exact) mass is 274 g/mol. The summed E-state index contributed by atoms with van der Waals surface area (Å²) in [5.41, 5.74) is 5.66. The van der Waals surface area contributed by atoms with Gasteiger partial charge in [0.2, 0.25) is 5.91 Å². The Labute approximate surface area is 114 Å². The van der Waals surface area contributed by atoms with Crippen molar-refractivity contribution in [3.63, 3.8) is 0 Å². The standard InChI is InChI=1S/C12H22N2O3S/c1-7(2)10(11(13)18)12(15)14-5-8(16-3)9(6-14)17-4/h7-10H,5-6H2,1-4H3,(H2,13,18). The van der Waals surface area contributed by atoms with Crippen molar-refractivity contribution >= 4 is 23.1 Å². The lowest BCUT2D eigenvalue weighted by Gasteiger charge is -2.25. The molecule has 0 bridgehead atoms. The van der Waals surface area contributed by atoms with Crippen LogP contribution in [0.15, 0.2) is 0 Å². The molecule has 1 saturated heterocycles. The van der Waals surface area contributed by atoms with E-state index in [9.17, 15) is 4.79 Å². The molecule has 1 rings (SSSR count). The molecule has 0 spiro atoms. The molecule has 6 heteroatoms. The average molecular weight is 274 g/mol. The van der Waals surface area contributed by atoms with Crippen LogP contribution in [0.3, 0.4) is 0 Å². The van der Waals surface area contributed by atoms with Gasteiger partial charge in [-0.25, -0.2) is 0 Å². The lowest BCUT2D eigenvalue weighted by Crippen LogP contribution is -2.43. The van der Waals surface area contributed by atoms with E-state index in [1.165, 1.54) is 0 Å². The van der Waals surface area contributed by atoms with Crippen molar-refractivity contribution < 1.29 is 14.3 Å². The van der Waals surface area contributed by atoms with Gasteiger partial charge in [-0.2, -0.15) is 0 Å². The number of amides is 1. The second-order valence-electron chi connectivity index (χ2n) is 4.92. The van der Waals surface area contributed by atoms with Gasteiger partial charge in [0.05, 0.1) is 10.9 Å². The van der Waals surface area contributed by atoms with Crippen molar-refractivity contribution in [3.05, 3.63) is 0 Å². The fourth-order valence-electron chi connectivity index (χ4n) is 2.31. The molecular weight excluding hydrogens is 252 g/mol. The first-order chi connectivity index (χ1) is 8.42. The van der Waals surface area contributed by atoms with Crippen molar-refractivity contribution in [2.75, 3.05) is 27.3 Å². The van der Waals surface area contributed by atoms with E-state index >= 15 is 0 Å². The number of likely N-dealkylation sites (tertiary alicyclic amines) is 1. The van der Waals surface area contributed by atoms with E-state index in [1.54, 1.807) is 19.1 Å². The number of ether oxygens (including phenoxy) is 2. The molecule has 0 radical (unpaired) electrons. The van der Waals surface area contributed by atoms with Gasteiger partial charge in [-0.3, -0.25) is 4.79 Å². The van der Waals surface area contributed by atoms with Gasteiger partial charge >= 0.3 is 0 Å². The Morgan fingerprint density at radius 1 is 1.28 bits per heavy atom. The summed E-state index contributed by atoms with van der Waals surface area (Å²) in [6, 6.07) is 0. The van der Waals surface area contributed by atoms with Gasteiger partial charge < -0.3 is 20.1 Å². The third-order valence-corrected chi connectivity index (χ3v) is 3.63. The Hall–Kier alpha value is -0.720. The second-order valence-corrected chi connectivity index (χ2v) is 5.39. The van der Waals surface area contributed by atoms with Crippen molar-refractivity contribution in [2.45, 2.75) is 26.1 Å². The molecule has 1 aliphatic heterocycles. The Bertz CT molecular complexity index is 310.